The second kappa shape index (κ2) is 7.68. The van der Waals surface area contributed by atoms with Gasteiger partial charge < -0.3 is 15.4 Å². The van der Waals surface area contributed by atoms with Gasteiger partial charge in [-0.3, -0.25) is 14.6 Å². The van der Waals surface area contributed by atoms with Crippen molar-refractivity contribution in [3.8, 4) is 5.75 Å². The average Bonchev–Trinajstić information content (AvgIpc) is 2.95. The number of hydrogen-bond donors (Lipinski definition) is 3. The third kappa shape index (κ3) is 3.67. The molecule has 0 bridgehead atoms. The maximum absolute atomic E-state index is 12.7. The van der Waals surface area contributed by atoms with Crippen molar-refractivity contribution in [3.05, 3.63) is 57.2 Å². The Morgan fingerprint density at radius 2 is 1.83 bits per heavy atom. The van der Waals surface area contributed by atoms with E-state index in [9.17, 15) is 4.79 Å². The standard InChI is InChI=1S/C20H20ClN7O2/c1-10-8-15(23-11(2)22-10)25-16-9-14(17-19(26-16)27-28(3)20(17)29)24-13-7-5-6-12(21)18(13)30-4/h5-9H,1-4H3,(H3,22,23,24,25,26,27). The topological polar surface area (TPSA) is 110 Å². The lowest BCUT2D eigenvalue weighted by Gasteiger charge is -2.14. The summed E-state index contributed by atoms with van der Waals surface area (Å²) in [6, 6.07) is 8.91. The number of nitrogens with zero attached hydrogens (tertiary/aromatic N) is 4. The van der Waals surface area contributed by atoms with E-state index in [1.165, 1.54) is 11.8 Å². The third-order valence-electron chi connectivity index (χ3n) is 4.47. The molecule has 9 nitrogen and oxygen atoms in total. The summed E-state index contributed by atoms with van der Waals surface area (Å²) >= 11 is 6.24. The quantitative estimate of drug-likeness (QED) is 0.446. The highest BCUT2D eigenvalue weighted by atomic mass is 35.5. The molecule has 10 heteroatoms. The lowest BCUT2D eigenvalue weighted by molar-refractivity contribution is 0.417. The highest BCUT2D eigenvalue weighted by Crippen LogP contribution is 2.36. The fourth-order valence-electron chi connectivity index (χ4n) is 3.25. The van der Waals surface area contributed by atoms with E-state index >= 15 is 0 Å². The van der Waals surface area contributed by atoms with Gasteiger partial charge >= 0.3 is 0 Å². The summed E-state index contributed by atoms with van der Waals surface area (Å²) in [6.45, 7) is 3.71. The van der Waals surface area contributed by atoms with Gasteiger partial charge in [0.2, 0.25) is 0 Å². The molecule has 4 rings (SSSR count). The Labute approximate surface area is 177 Å². The van der Waals surface area contributed by atoms with E-state index in [1.54, 1.807) is 25.2 Å². The number of methoxy groups -OCH3 is 1. The Morgan fingerprint density at radius 1 is 1.07 bits per heavy atom. The number of aromatic amines is 1. The van der Waals surface area contributed by atoms with E-state index in [2.05, 4.69) is 30.7 Å². The van der Waals surface area contributed by atoms with Gasteiger partial charge in [-0.1, -0.05) is 17.7 Å². The molecule has 0 radical (unpaired) electrons. The number of H-pyrrole nitrogens is 1. The maximum atomic E-state index is 12.7. The summed E-state index contributed by atoms with van der Waals surface area (Å²) in [7, 11) is 3.18. The number of halogens is 1. The maximum Gasteiger partial charge on any atom is 0.277 e. The molecule has 4 aromatic rings. The molecular formula is C20H20ClN7O2. The Kier molecular flexibility index (Phi) is 5.04. The number of para-hydroxylation sites is 1. The molecule has 1 aromatic carbocycles. The fraction of sp³-hybridized carbons (Fsp3) is 0.200. The van der Waals surface area contributed by atoms with Gasteiger partial charge in [0.15, 0.2) is 11.4 Å². The van der Waals surface area contributed by atoms with Crippen LogP contribution in [0.3, 0.4) is 0 Å². The van der Waals surface area contributed by atoms with Crippen LogP contribution in [0.25, 0.3) is 11.0 Å². The van der Waals surface area contributed by atoms with Gasteiger partial charge in [-0.05, 0) is 26.0 Å². The Morgan fingerprint density at radius 3 is 2.57 bits per heavy atom. The van der Waals surface area contributed by atoms with Crippen LogP contribution in [0.2, 0.25) is 5.02 Å². The number of benzene rings is 1. The second-order valence-electron chi connectivity index (χ2n) is 6.77. The first kappa shape index (κ1) is 19.7. The summed E-state index contributed by atoms with van der Waals surface area (Å²) in [5.41, 5.74) is 2.23. The van der Waals surface area contributed by atoms with Crippen LogP contribution in [0.1, 0.15) is 11.5 Å². The van der Waals surface area contributed by atoms with Gasteiger partial charge in [0, 0.05) is 24.9 Å². The van der Waals surface area contributed by atoms with Gasteiger partial charge in [-0.2, -0.15) is 0 Å². The van der Waals surface area contributed by atoms with Crippen molar-refractivity contribution in [2.75, 3.05) is 17.7 Å². The Hall–Kier alpha value is -3.59. The zero-order chi connectivity index (χ0) is 21.4. The molecule has 0 saturated heterocycles. The molecule has 0 saturated carbocycles. The van der Waals surface area contributed by atoms with E-state index < -0.39 is 0 Å². The van der Waals surface area contributed by atoms with Crippen LogP contribution in [-0.2, 0) is 7.05 Å². The molecule has 0 aliphatic heterocycles. The number of fused-ring (bicyclic) bond motifs is 1. The number of nitrogens with one attached hydrogen (secondary N) is 3. The molecule has 0 amide bonds. The van der Waals surface area contributed by atoms with Crippen LogP contribution in [0.5, 0.6) is 5.75 Å². The molecule has 3 aromatic heterocycles. The molecular weight excluding hydrogens is 406 g/mol. The summed E-state index contributed by atoms with van der Waals surface area (Å²) in [6.07, 6.45) is 0. The van der Waals surface area contributed by atoms with Crippen LogP contribution >= 0.6 is 11.6 Å². The number of ether oxygens (including phenoxy) is 1. The minimum atomic E-state index is -0.207. The number of pyridine rings is 1. The lowest BCUT2D eigenvalue weighted by Crippen LogP contribution is -2.12. The number of anilines is 4. The molecule has 0 atom stereocenters. The molecule has 0 fully saturated rings. The van der Waals surface area contributed by atoms with Gasteiger partial charge in [-0.25, -0.2) is 15.0 Å². The summed E-state index contributed by atoms with van der Waals surface area (Å²) in [5.74, 6) is 2.24. The first-order valence-corrected chi connectivity index (χ1v) is 9.52. The SMILES string of the molecule is COc1c(Cl)cccc1Nc1cc(Nc2cc(C)nc(C)n2)nc2[nH]n(C)c(=O)c12. The van der Waals surface area contributed by atoms with Crippen LogP contribution < -0.4 is 20.9 Å². The van der Waals surface area contributed by atoms with Crippen molar-refractivity contribution in [1.82, 2.24) is 24.7 Å². The molecule has 154 valence electrons. The van der Waals surface area contributed by atoms with Crippen LogP contribution in [-0.4, -0.2) is 31.8 Å². The molecule has 3 N–H and O–H groups in total. The van der Waals surface area contributed by atoms with Crippen LogP contribution in [0.15, 0.2) is 35.1 Å². The number of aryl methyl sites for hydroxylation is 3. The molecule has 0 unspecified atom stereocenters. The average molecular weight is 426 g/mol. The highest BCUT2D eigenvalue weighted by molar-refractivity contribution is 6.32. The van der Waals surface area contributed by atoms with E-state index in [4.69, 9.17) is 16.3 Å². The smallest absolute Gasteiger partial charge is 0.277 e. The van der Waals surface area contributed by atoms with E-state index in [1.807, 2.05) is 26.0 Å². The number of rotatable bonds is 5. The second-order valence-corrected chi connectivity index (χ2v) is 7.17. The molecule has 30 heavy (non-hydrogen) atoms. The van der Waals surface area contributed by atoms with Gasteiger partial charge in [-0.15, -0.1) is 0 Å². The highest BCUT2D eigenvalue weighted by Gasteiger charge is 2.16. The Balaban J connectivity index is 1.83. The van der Waals surface area contributed by atoms with Crippen molar-refractivity contribution in [3.63, 3.8) is 0 Å². The number of aromatic nitrogens is 5. The monoisotopic (exact) mass is 425 g/mol. The van der Waals surface area contributed by atoms with E-state index in [0.717, 1.165) is 5.69 Å². The van der Waals surface area contributed by atoms with Crippen LogP contribution in [0, 0.1) is 13.8 Å². The van der Waals surface area contributed by atoms with Crippen molar-refractivity contribution in [2.45, 2.75) is 13.8 Å². The van der Waals surface area contributed by atoms with E-state index in [-0.39, 0.29) is 5.56 Å². The Bertz CT molecular complexity index is 1290. The normalized spacial score (nSPS) is 11.0. The lowest BCUT2D eigenvalue weighted by atomic mass is 10.2. The van der Waals surface area contributed by atoms with Crippen LogP contribution in [0.4, 0.5) is 23.0 Å². The fourth-order valence-corrected chi connectivity index (χ4v) is 3.51. The molecule has 0 spiro atoms. The van der Waals surface area contributed by atoms with Crippen molar-refractivity contribution in [1.29, 1.82) is 0 Å². The predicted octanol–water partition coefficient (Wildman–Crippen LogP) is 3.82. The molecule has 0 aliphatic carbocycles. The zero-order valence-electron chi connectivity index (χ0n) is 16.9. The summed E-state index contributed by atoms with van der Waals surface area (Å²) in [4.78, 5) is 25.9. The van der Waals surface area contributed by atoms with Crippen molar-refractivity contribution >= 4 is 45.6 Å². The van der Waals surface area contributed by atoms with Gasteiger partial charge in [0.05, 0.1) is 23.5 Å². The number of hydrogen-bond acceptors (Lipinski definition) is 7. The first-order valence-electron chi connectivity index (χ1n) is 9.14. The molecule has 0 aliphatic rings. The largest absolute Gasteiger partial charge is 0.493 e. The molecule has 3 heterocycles. The zero-order valence-corrected chi connectivity index (χ0v) is 17.6. The van der Waals surface area contributed by atoms with Crippen molar-refractivity contribution in [2.24, 2.45) is 7.05 Å². The van der Waals surface area contributed by atoms with Gasteiger partial charge in [0.25, 0.3) is 5.56 Å². The minimum Gasteiger partial charge on any atom is -0.493 e. The minimum absolute atomic E-state index is 0.207. The van der Waals surface area contributed by atoms with Gasteiger partial charge in [0.1, 0.15) is 22.8 Å². The summed E-state index contributed by atoms with van der Waals surface area (Å²) in [5, 5.41) is 10.3. The predicted molar refractivity (Wildman–Crippen MR) is 117 cm³/mol. The van der Waals surface area contributed by atoms with E-state index in [0.29, 0.717) is 50.6 Å². The third-order valence-corrected chi connectivity index (χ3v) is 4.77. The first-order chi connectivity index (χ1) is 14.4. The van der Waals surface area contributed by atoms with Crippen molar-refractivity contribution < 1.29 is 4.74 Å². The summed E-state index contributed by atoms with van der Waals surface area (Å²) < 4.78 is 6.79.